The van der Waals surface area contributed by atoms with Crippen molar-refractivity contribution in [3.63, 3.8) is 0 Å². The van der Waals surface area contributed by atoms with Crippen molar-refractivity contribution in [3.8, 4) is 17.6 Å². The van der Waals surface area contributed by atoms with E-state index < -0.39 is 17.3 Å². The van der Waals surface area contributed by atoms with Gasteiger partial charge >= 0.3 is 5.97 Å². The van der Waals surface area contributed by atoms with Gasteiger partial charge in [-0.05, 0) is 43.2 Å². The van der Waals surface area contributed by atoms with Crippen LogP contribution in [0, 0.1) is 11.3 Å². The van der Waals surface area contributed by atoms with Crippen LogP contribution in [0.2, 0.25) is 0 Å². The first-order valence-electron chi connectivity index (χ1n) is 11.4. The van der Waals surface area contributed by atoms with Gasteiger partial charge in [-0.1, -0.05) is 18.2 Å². The minimum Gasteiger partial charge on any atom is -0.465 e. The molecular weight excluding hydrogens is 448 g/mol. The van der Waals surface area contributed by atoms with Crippen molar-refractivity contribution in [3.05, 3.63) is 70.6 Å². The molecule has 176 valence electrons. The van der Waals surface area contributed by atoms with E-state index in [1.54, 1.807) is 25.1 Å². The second-order valence-corrected chi connectivity index (χ2v) is 8.69. The van der Waals surface area contributed by atoms with Gasteiger partial charge in [-0.25, -0.2) is 0 Å². The fraction of sp³-hybridized carbons (Fsp3) is 0.269. The van der Waals surface area contributed by atoms with Gasteiger partial charge in [0.05, 0.1) is 12.2 Å². The maximum Gasteiger partial charge on any atom is 0.326 e. The van der Waals surface area contributed by atoms with Crippen molar-refractivity contribution < 1.29 is 23.8 Å². The number of hydrogen-bond acceptors (Lipinski definition) is 8. The maximum absolute atomic E-state index is 14.1. The number of hydrogen-bond donors (Lipinski definition) is 1. The van der Waals surface area contributed by atoms with E-state index in [2.05, 4.69) is 6.07 Å². The Morgan fingerprint density at radius 3 is 2.80 bits per heavy atom. The van der Waals surface area contributed by atoms with Gasteiger partial charge in [-0.3, -0.25) is 14.5 Å². The summed E-state index contributed by atoms with van der Waals surface area (Å²) in [6, 6.07) is 13.2. The average molecular weight is 470 g/mol. The second-order valence-electron chi connectivity index (χ2n) is 8.69. The Morgan fingerprint density at radius 1 is 1.26 bits per heavy atom. The summed E-state index contributed by atoms with van der Waals surface area (Å²) in [5, 5.41) is 10.3. The van der Waals surface area contributed by atoms with Gasteiger partial charge in [0.1, 0.15) is 23.8 Å². The van der Waals surface area contributed by atoms with E-state index in [-0.39, 0.29) is 31.3 Å². The molecule has 0 saturated carbocycles. The normalized spacial score (nSPS) is 21.4. The standard InChI is InChI=1S/C26H22N4O5/c1-2-33-23(31)13-30-19-6-4-3-5-17(19)26(25(30)32)11-20-16-10-22-21(34-14-35-22)9-15(16)7-8-29(20)24(28)18(26)12-27/h3-6,9-11H,2,7-8,13-14,28H2,1H3. The summed E-state index contributed by atoms with van der Waals surface area (Å²) in [6.07, 6.45) is 2.50. The fourth-order valence-corrected chi connectivity index (χ4v) is 5.45. The first-order valence-corrected chi connectivity index (χ1v) is 11.4. The van der Waals surface area contributed by atoms with Crippen molar-refractivity contribution in [2.45, 2.75) is 18.8 Å². The summed E-state index contributed by atoms with van der Waals surface area (Å²) in [6.45, 7) is 2.36. The Morgan fingerprint density at radius 2 is 2.03 bits per heavy atom. The van der Waals surface area contributed by atoms with E-state index in [1.807, 2.05) is 29.2 Å². The number of nitriles is 1. The quantitative estimate of drug-likeness (QED) is 0.678. The number of anilines is 1. The third kappa shape index (κ3) is 2.80. The number of esters is 1. The van der Waals surface area contributed by atoms with E-state index in [1.165, 1.54) is 4.90 Å². The molecule has 9 nitrogen and oxygen atoms in total. The summed E-state index contributed by atoms with van der Waals surface area (Å²) in [5.41, 5.74) is 9.09. The van der Waals surface area contributed by atoms with E-state index in [9.17, 15) is 14.9 Å². The van der Waals surface area contributed by atoms with Gasteiger partial charge in [0.15, 0.2) is 11.5 Å². The topological polar surface area (TPSA) is 118 Å². The molecule has 6 rings (SSSR count). The van der Waals surface area contributed by atoms with Crippen LogP contribution in [0.4, 0.5) is 5.69 Å². The molecule has 0 fully saturated rings. The molecule has 1 atom stereocenters. The Bertz CT molecular complexity index is 1400. The number of nitrogens with zero attached hydrogens (tertiary/aromatic N) is 3. The molecule has 0 bridgehead atoms. The number of fused-ring (bicyclic) bond motifs is 6. The van der Waals surface area contributed by atoms with Crippen LogP contribution >= 0.6 is 0 Å². The van der Waals surface area contributed by atoms with Crippen LogP contribution in [-0.4, -0.2) is 43.3 Å². The molecule has 1 spiro atoms. The van der Waals surface area contributed by atoms with E-state index in [0.29, 0.717) is 35.7 Å². The summed E-state index contributed by atoms with van der Waals surface area (Å²) < 4.78 is 16.3. The summed E-state index contributed by atoms with van der Waals surface area (Å²) >= 11 is 0. The molecule has 9 heteroatoms. The molecule has 0 aromatic heterocycles. The van der Waals surface area contributed by atoms with Gasteiger partial charge in [-0.15, -0.1) is 0 Å². The highest BCUT2D eigenvalue weighted by atomic mass is 16.7. The molecule has 4 aliphatic heterocycles. The Kier molecular flexibility index (Phi) is 4.54. The Hall–Kier alpha value is -4.45. The summed E-state index contributed by atoms with van der Waals surface area (Å²) in [4.78, 5) is 29.8. The zero-order valence-electron chi connectivity index (χ0n) is 19.0. The number of rotatable bonds is 3. The molecule has 2 N–H and O–H groups in total. The zero-order chi connectivity index (χ0) is 24.3. The third-order valence-corrected chi connectivity index (χ3v) is 6.97. The van der Waals surface area contributed by atoms with Crippen LogP contribution in [0.1, 0.15) is 23.6 Å². The van der Waals surface area contributed by atoms with Crippen molar-refractivity contribution in [1.82, 2.24) is 4.90 Å². The number of ether oxygens (including phenoxy) is 3. The molecule has 4 aliphatic rings. The summed E-state index contributed by atoms with van der Waals surface area (Å²) in [5.74, 6) is 0.605. The average Bonchev–Trinajstić information content (AvgIpc) is 3.40. The number of carbonyl (C=O) groups excluding carboxylic acids is 2. The molecular formula is C26H22N4O5. The minimum absolute atomic E-state index is 0.147. The van der Waals surface area contributed by atoms with Crippen LogP contribution in [0.3, 0.4) is 0 Å². The van der Waals surface area contributed by atoms with Gasteiger partial charge in [0, 0.05) is 29.1 Å². The number of benzene rings is 2. The van der Waals surface area contributed by atoms with Gasteiger partial charge in [0.2, 0.25) is 12.7 Å². The lowest BCUT2D eigenvalue weighted by atomic mass is 9.71. The molecule has 0 saturated heterocycles. The molecule has 35 heavy (non-hydrogen) atoms. The lowest BCUT2D eigenvalue weighted by Gasteiger charge is -2.41. The van der Waals surface area contributed by atoms with Crippen LogP contribution < -0.4 is 20.1 Å². The highest BCUT2D eigenvalue weighted by molar-refractivity contribution is 6.15. The zero-order valence-corrected chi connectivity index (χ0v) is 19.0. The van der Waals surface area contributed by atoms with Crippen molar-refractivity contribution in [2.24, 2.45) is 5.73 Å². The first-order chi connectivity index (χ1) is 17.0. The molecule has 2 aromatic rings. The van der Waals surface area contributed by atoms with Crippen molar-refractivity contribution in [1.29, 1.82) is 5.26 Å². The Labute approximate surface area is 201 Å². The van der Waals surface area contributed by atoms with Crippen molar-refractivity contribution >= 4 is 23.3 Å². The second kappa shape index (κ2) is 7.53. The van der Waals surface area contributed by atoms with Gasteiger partial charge < -0.3 is 24.8 Å². The lowest BCUT2D eigenvalue weighted by Crippen LogP contribution is -2.48. The monoisotopic (exact) mass is 470 g/mol. The molecule has 1 amide bonds. The predicted molar refractivity (Wildman–Crippen MR) is 125 cm³/mol. The van der Waals surface area contributed by atoms with Crippen LogP contribution in [0.15, 0.2) is 53.9 Å². The maximum atomic E-state index is 14.1. The van der Waals surface area contributed by atoms with Crippen LogP contribution in [0.25, 0.3) is 5.70 Å². The SMILES string of the molecule is CCOC(=O)CN1C(=O)C2(C=C3c4cc5c(cc4CCN3C(N)=C2C#N)OCO5)c2ccccc21. The van der Waals surface area contributed by atoms with Gasteiger partial charge in [0.25, 0.3) is 0 Å². The van der Waals surface area contributed by atoms with E-state index in [4.69, 9.17) is 19.9 Å². The largest absolute Gasteiger partial charge is 0.465 e. The number of para-hydroxylation sites is 1. The number of carbonyl (C=O) groups is 2. The van der Waals surface area contributed by atoms with E-state index in [0.717, 1.165) is 16.8 Å². The Balaban J connectivity index is 1.57. The van der Waals surface area contributed by atoms with Crippen LogP contribution in [-0.2, 0) is 26.2 Å². The molecule has 0 radical (unpaired) electrons. The summed E-state index contributed by atoms with van der Waals surface area (Å²) in [7, 11) is 0. The predicted octanol–water partition coefficient (Wildman–Crippen LogP) is 2.17. The molecule has 1 unspecified atom stereocenters. The highest BCUT2D eigenvalue weighted by Gasteiger charge is 2.56. The van der Waals surface area contributed by atoms with Gasteiger partial charge in [-0.2, -0.15) is 5.26 Å². The molecule has 4 heterocycles. The molecule has 0 aliphatic carbocycles. The van der Waals surface area contributed by atoms with Crippen LogP contribution in [0.5, 0.6) is 11.5 Å². The third-order valence-electron chi connectivity index (χ3n) is 6.97. The number of nitrogens with two attached hydrogens (primary N) is 1. The fourth-order valence-electron chi connectivity index (χ4n) is 5.45. The number of amides is 1. The highest BCUT2D eigenvalue weighted by Crippen LogP contribution is 2.53. The minimum atomic E-state index is -1.46. The first kappa shape index (κ1) is 21.1. The lowest BCUT2D eigenvalue weighted by molar-refractivity contribution is -0.142. The van der Waals surface area contributed by atoms with E-state index >= 15 is 0 Å². The molecule has 2 aromatic carbocycles. The van der Waals surface area contributed by atoms with Crippen molar-refractivity contribution in [2.75, 3.05) is 31.4 Å². The smallest absolute Gasteiger partial charge is 0.326 e.